The van der Waals surface area contributed by atoms with Crippen molar-refractivity contribution in [1.82, 2.24) is 14.9 Å². The van der Waals surface area contributed by atoms with Crippen molar-refractivity contribution in [3.63, 3.8) is 0 Å². The van der Waals surface area contributed by atoms with Gasteiger partial charge >= 0.3 is 0 Å². The first kappa shape index (κ1) is 19.2. The predicted molar refractivity (Wildman–Crippen MR) is 108 cm³/mol. The van der Waals surface area contributed by atoms with Gasteiger partial charge in [0.2, 0.25) is 5.95 Å². The molecule has 0 saturated carbocycles. The van der Waals surface area contributed by atoms with E-state index < -0.39 is 0 Å². The zero-order chi connectivity index (χ0) is 19.5. The van der Waals surface area contributed by atoms with Crippen molar-refractivity contribution in [2.24, 2.45) is 0 Å². The van der Waals surface area contributed by atoms with Gasteiger partial charge in [-0.3, -0.25) is 14.7 Å². The summed E-state index contributed by atoms with van der Waals surface area (Å²) >= 11 is 6.08. The molecule has 4 rings (SSSR count). The molecule has 8 heteroatoms. The molecule has 2 aromatic rings. The van der Waals surface area contributed by atoms with Crippen LogP contribution in [0.3, 0.4) is 0 Å². The van der Waals surface area contributed by atoms with Crippen LogP contribution in [-0.2, 0) is 11.3 Å². The third-order valence-corrected chi connectivity index (χ3v) is 5.65. The van der Waals surface area contributed by atoms with Crippen LogP contribution in [0.15, 0.2) is 29.1 Å². The molecule has 0 bridgehead atoms. The van der Waals surface area contributed by atoms with Crippen LogP contribution in [0.1, 0.15) is 30.0 Å². The van der Waals surface area contributed by atoms with Crippen molar-refractivity contribution >= 4 is 17.5 Å². The van der Waals surface area contributed by atoms with Crippen LogP contribution < -0.4 is 10.5 Å². The molecule has 0 radical (unpaired) electrons. The molecule has 0 spiro atoms. The van der Waals surface area contributed by atoms with Crippen LogP contribution in [0.25, 0.3) is 0 Å². The number of halogens is 1. The Balaban J connectivity index is 1.50. The topological polar surface area (TPSA) is 81.7 Å². The third-order valence-electron chi connectivity index (χ3n) is 5.42. The molecule has 1 atom stereocenters. The van der Waals surface area contributed by atoms with E-state index in [1.807, 2.05) is 6.07 Å². The SMILES string of the molecule is O=c1cc(C2CCCN(Cc3cc(Cl)ccc3O)C2)nc(N2CCOCC2)[nH]1. The van der Waals surface area contributed by atoms with E-state index in [0.29, 0.717) is 30.7 Å². The molecule has 28 heavy (non-hydrogen) atoms. The van der Waals surface area contributed by atoms with Crippen molar-refractivity contribution in [3.05, 3.63) is 50.9 Å². The third kappa shape index (κ3) is 4.48. The number of benzene rings is 1. The maximum atomic E-state index is 12.2. The number of piperidine rings is 1. The van der Waals surface area contributed by atoms with Crippen LogP contribution in [0.2, 0.25) is 5.02 Å². The Labute approximate surface area is 168 Å². The van der Waals surface area contributed by atoms with E-state index >= 15 is 0 Å². The maximum absolute atomic E-state index is 12.2. The second kappa shape index (κ2) is 8.51. The summed E-state index contributed by atoms with van der Waals surface area (Å²) in [5.41, 5.74) is 1.54. The van der Waals surface area contributed by atoms with Crippen molar-refractivity contribution in [2.45, 2.75) is 25.3 Å². The lowest BCUT2D eigenvalue weighted by atomic mass is 9.94. The van der Waals surface area contributed by atoms with Gasteiger partial charge in [0, 0.05) is 48.7 Å². The largest absolute Gasteiger partial charge is 0.508 e. The average Bonchev–Trinajstić information content (AvgIpc) is 2.71. The lowest BCUT2D eigenvalue weighted by Crippen LogP contribution is -2.39. The van der Waals surface area contributed by atoms with Crippen molar-refractivity contribution < 1.29 is 9.84 Å². The molecule has 1 aromatic heterocycles. The number of aromatic amines is 1. The summed E-state index contributed by atoms with van der Waals surface area (Å²) in [6, 6.07) is 6.75. The zero-order valence-electron chi connectivity index (χ0n) is 15.7. The molecular formula is C20H25ClN4O3. The zero-order valence-corrected chi connectivity index (χ0v) is 16.5. The average molecular weight is 405 g/mol. The standard InChI is InChI=1S/C20H25ClN4O3/c21-16-3-4-18(26)15(10-16)13-24-5-1-2-14(12-24)17-11-19(27)23-20(22-17)25-6-8-28-9-7-25/h3-4,10-11,14,26H,1-2,5-9,12-13H2,(H,22,23,27). The molecule has 2 fully saturated rings. The molecule has 150 valence electrons. The fourth-order valence-corrected chi connectivity index (χ4v) is 4.15. The first-order valence-electron chi connectivity index (χ1n) is 9.72. The minimum atomic E-state index is -0.115. The molecule has 3 heterocycles. The van der Waals surface area contributed by atoms with Crippen LogP contribution in [0.4, 0.5) is 5.95 Å². The number of anilines is 1. The van der Waals surface area contributed by atoms with Gasteiger partial charge in [-0.1, -0.05) is 11.6 Å². The van der Waals surface area contributed by atoms with Gasteiger partial charge in [0.25, 0.3) is 5.56 Å². The molecule has 2 saturated heterocycles. The monoisotopic (exact) mass is 404 g/mol. The number of morpholine rings is 1. The summed E-state index contributed by atoms with van der Waals surface area (Å²) in [6.45, 7) is 5.13. The quantitative estimate of drug-likeness (QED) is 0.814. The van der Waals surface area contributed by atoms with E-state index in [2.05, 4.69) is 14.8 Å². The highest BCUT2D eigenvalue weighted by atomic mass is 35.5. The second-order valence-corrected chi connectivity index (χ2v) is 7.88. The smallest absolute Gasteiger partial charge is 0.252 e. The predicted octanol–water partition coefficient (Wildman–Crippen LogP) is 2.35. The summed E-state index contributed by atoms with van der Waals surface area (Å²) in [5.74, 6) is 1.09. The minimum Gasteiger partial charge on any atom is -0.508 e. The number of aromatic hydroxyl groups is 1. The van der Waals surface area contributed by atoms with Gasteiger partial charge in [-0.25, -0.2) is 4.98 Å². The number of hydrogen-bond donors (Lipinski definition) is 2. The summed E-state index contributed by atoms with van der Waals surface area (Å²) in [6.07, 6.45) is 2.02. The molecule has 0 amide bonds. The Bertz CT molecular complexity index is 882. The van der Waals surface area contributed by atoms with E-state index in [0.717, 1.165) is 50.3 Å². The normalized spacial score (nSPS) is 21.0. The first-order chi connectivity index (χ1) is 13.6. The molecule has 7 nitrogen and oxygen atoms in total. The number of phenols is 1. The number of hydrogen-bond acceptors (Lipinski definition) is 6. The summed E-state index contributed by atoms with van der Waals surface area (Å²) in [7, 11) is 0. The molecular weight excluding hydrogens is 380 g/mol. The fourth-order valence-electron chi connectivity index (χ4n) is 3.96. The van der Waals surface area contributed by atoms with Crippen molar-refractivity contribution in [2.75, 3.05) is 44.3 Å². The molecule has 1 aromatic carbocycles. The number of rotatable bonds is 4. The van der Waals surface area contributed by atoms with Crippen LogP contribution in [0.5, 0.6) is 5.75 Å². The summed E-state index contributed by atoms with van der Waals surface area (Å²) < 4.78 is 5.39. The number of nitrogens with one attached hydrogen (secondary N) is 1. The number of phenolic OH excluding ortho intramolecular Hbond substituents is 1. The molecule has 2 aliphatic heterocycles. The van der Waals surface area contributed by atoms with Crippen molar-refractivity contribution in [1.29, 1.82) is 0 Å². The highest BCUT2D eigenvalue weighted by Crippen LogP contribution is 2.29. The van der Waals surface area contributed by atoms with Gasteiger partial charge in [0.05, 0.1) is 18.9 Å². The number of likely N-dealkylation sites (tertiary alicyclic amines) is 1. The van der Waals surface area contributed by atoms with E-state index in [1.165, 1.54) is 0 Å². The Morgan fingerprint density at radius 2 is 2.07 bits per heavy atom. The van der Waals surface area contributed by atoms with Crippen LogP contribution in [-0.4, -0.2) is 59.4 Å². The van der Waals surface area contributed by atoms with Gasteiger partial charge in [0.1, 0.15) is 5.75 Å². The van der Waals surface area contributed by atoms with E-state index in [1.54, 1.807) is 18.2 Å². The lowest BCUT2D eigenvalue weighted by molar-refractivity contribution is 0.122. The van der Waals surface area contributed by atoms with Gasteiger partial charge in [-0.2, -0.15) is 0 Å². The Morgan fingerprint density at radius 1 is 1.25 bits per heavy atom. The highest BCUT2D eigenvalue weighted by molar-refractivity contribution is 6.30. The van der Waals surface area contributed by atoms with Gasteiger partial charge < -0.3 is 14.7 Å². The van der Waals surface area contributed by atoms with Crippen molar-refractivity contribution in [3.8, 4) is 5.75 Å². The molecule has 2 N–H and O–H groups in total. The Kier molecular flexibility index (Phi) is 5.85. The summed E-state index contributed by atoms with van der Waals surface area (Å²) in [5, 5.41) is 10.7. The molecule has 1 unspecified atom stereocenters. The maximum Gasteiger partial charge on any atom is 0.252 e. The van der Waals surface area contributed by atoms with Gasteiger partial charge in [0.15, 0.2) is 0 Å². The van der Waals surface area contributed by atoms with Crippen LogP contribution in [0, 0.1) is 0 Å². The number of ether oxygens (including phenoxy) is 1. The van der Waals surface area contributed by atoms with E-state index in [-0.39, 0.29) is 17.2 Å². The number of aromatic nitrogens is 2. The Morgan fingerprint density at radius 3 is 2.89 bits per heavy atom. The summed E-state index contributed by atoms with van der Waals surface area (Å²) in [4.78, 5) is 24.2. The van der Waals surface area contributed by atoms with E-state index in [4.69, 9.17) is 21.3 Å². The van der Waals surface area contributed by atoms with Gasteiger partial charge in [-0.05, 0) is 37.6 Å². The second-order valence-electron chi connectivity index (χ2n) is 7.44. The fraction of sp³-hybridized carbons (Fsp3) is 0.500. The first-order valence-corrected chi connectivity index (χ1v) is 10.1. The Hall–Kier alpha value is -2.09. The molecule has 2 aliphatic rings. The lowest BCUT2D eigenvalue weighted by Gasteiger charge is -2.33. The van der Waals surface area contributed by atoms with Gasteiger partial charge in [-0.15, -0.1) is 0 Å². The van der Waals surface area contributed by atoms with E-state index in [9.17, 15) is 9.90 Å². The van der Waals surface area contributed by atoms with Crippen LogP contribution >= 0.6 is 11.6 Å². The minimum absolute atomic E-state index is 0.115. The number of H-pyrrole nitrogens is 1. The molecule has 0 aliphatic carbocycles. The number of nitrogens with zero attached hydrogens (tertiary/aromatic N) is 3. The highest BCUT2D eigenvalue weighted by Gasteiger charge is 2.25.